The van der Waals surface area contributed by atoms with Crippen molar-refractivity contribution >= 4 is 32.7 Å². The fourth-order valence-electron chi connectivity index (χ4n) is 7.84. The molecule has 4 heteroatoms. The van der Waals surface area contributed by atoms with Crippen LogP contribution in [0.25, 0.3) is 77.5 Å². The van der Waals surface area contributed by atoms with Crippen molar-refractivity contribution in [2.24, 2.45) is 5.41 Å². The predicted molar refractivity (Wildman–Crippen MR) is 258 cm³/mol. The number of hydrogen-bond acceptors (Lipinski definition) is 3. The zero-order valence-corrected chi connectivity index (χ0v) is 38.2. The van der Waals surface area contributed by atoms with E-state index in [1.165, 1.54) is 12.3 Å². The first kappa shape index (κ1) is 32.1. The summed E-state index contributed by atoms with van der Waals surface area (Å²) in [4.78, 5) is 9.01. The molecule has 9 aromatic rings. The second kappa shape index (κ2) is 18.4. The summed E-state index contributed by atoms with van der Waals surface area (Å²) in [5.41, 5.74) is 6.77. The van der Waals surface area contributed by atoms with Gasteiger partial charge in [-0.25, -0.2) is 0 Å². The Morgan fingerprint density at radius 3 is 2.10 bits per heavy atom. The molecule has 0 aliphatic carbocycles. The number of aromatic nitrogens is 2. The quantitative estimate of drug-likeness (QED) is 0.142. The fraction of sp³-hybridized carbons (Fsp3) is 0.241. The number of aryl methyl sites for hydroxylation is 3. The molecule has 315 valence electrons. The minimum atomic E-state index is -2.51. The van der Waals surface area contributed by atoms with Crippen molar-refractivity contribution in [3.63, 3.8) is 0 Å². The Kier molecular flexibility index (Phi) is 9.49. The summed E-state index contributed by atoms with van der Waals surface area (Å²) in [5, 5.41) is 3.90. The van der Waals surface area contributed by atoms with Crippen molar-refractivity contribution in [3.05, 3.63) is 180 Å². The molecule has 0 aliphatic heterocycles. The Hall–Kier alpha value is -5.67. The molecule has 1 radical (unpaired) electrons. The molecule has 3 heterocycles. The Morgan fingerprint density at radius 2 is 1.37 bits per heavy atom. The smallest absolute Gasteiger partial charge is 0.128 e. The normalized spacial score (nSPS) is 15.2. The summed E-state index contributed by atoms with van der Waals surface area (Å²) in [6, 6.07) is 45.4. The van der Waals surface area contributed by atoms with Gasteiger partial charge in [-0.2, -0.15) is 0 Å². The molecule has 6 aromatic carbocycles. The third-order valence-corrected chi connectivity index (χ3v) is 11.6. The van der Waals surface area contributed by atoms with Gasteiger partial charge in [-0.05, 0) is 99.5 Å². The molecule has 0 N–H and O–H groups in total. The number of rotatable bonds is 8. The van der Waals surface area contributed by atoms with E-state index in [-0.39, 0.29) is 42.2 Å². The van der Waals surface area contributed by atoms with E-state index in [4.69, 9.17) is 19.5 Å². The predicted octanol–water partition coefficient (Wildman–Crippen LogP) is 16.1. The van der Waals surface area contributed by atoms with Gasteiger partial charge in [-0.15, -0.1) is 47.5 Å². The topological polar surface area (TPSA) is 38.9 Å². The molecule has 0 bridgehead atoms. The molecule has 0 unspecified atom stereocenters. The summed E-state index contributed by atoms with van der Waals surface area (Å²) in [6.45, 7) is 4.64. The molecular weight excluding hydrogens is 933 g/mol. The van der Waals surface area contributed by atoms with Crippen molar-refractivity contribution in [2.45, 2.75) is 86.7 Å². The number of nitrogens with zero attached hydrogens (tertiary/aromatic N) is 2. The van der Waals surface area contributed by atoms with Crippen LogP contribution in [-0.2, 0) is 31.9 Å². The van der Waals surface area contributed by atoms with Crippen LogP contribution < -0.4 is 0 Å². The number of benzene rings is 6. The van der Waals surface area contributed by atoms with Crippen molar-refractivity contribution in [2.75, 3.05) is 0 Å². The van der Waals surface area contributed by atoms with Crippen LogP contribution in [-0.4, -0.2) is 9.97 Å². The number of fused-ring (bicyclic) bond motifs is 5. The SMILES string of the molecule is [2H]C([2H])([2H])c1c[c-]c(-c2ccc(C([2H])([2H])C(C)(C)C)cn2)cc1-c1ccccc1.[2H]C([2H])([2H])c1cnc(-c2[c-]ccc3c2oc2c4ccccc4ccc32)cc1-c1ccc(C(C)(CC)CC)cc1C([2H])([2H])[2H].[Ir]. The molecule has 3 aromatic heterocycles. The maximum absolute atomic E-state index is 8.41. The van der Waals surface area contributed by atoms with E-state index in [9.17, 15) is 0 Å². The van der Waals surface area contributed by atoms with Crippen LogP contribution in [0.4, 0.5) is 0 Å². The Balaban J connectivity index is 0.000000228. The van der Waals surface area contributed by atoms with Gasteiger partial charge < -0.3 is 14.4 Å². The van der Waals surface area contributed by atoms with Gasteiger partial charge in [0.15, 0.2) is 0 Å². The number of hydrogen-bond donors (Lipinski definition) is 0. The average Bonchev–Trinajstić information content (AvgIpc) is 3.75. The van der Waals surface area contributed by atoms with Crippen molar-refractivity contribution in [1.29, 1.82) is 0 Å². The molecule has 62 heavy (non-hydrogen) atoms. The van der Waals surface area contributed by atoms with Gasteiger partial charge in [0.25, 0.3) is 0 Å². The zero-order chi connectivity index (χ0) is 52.2. The third-order valence-electron chi connectivity index (χ3n) is 11.6. The van der Waals surface area contributed by atoms with Gasteiger partial charge in [0.05, 0.1) is 5.58 Å². The van der Waals surface area contributed by atoms with Gasteiger partial charge in [0.1, 0.15) is 5.58 Å². The van der Waals surface area contributed by atoms with Crippen LogP contribution in [0.1, 0.15) is 97.3 Å². The minimum absolute atomic E-state index is 0. The second-order valence-electron chi connectivity index (χ2n) is 16.9. The van der Waals surface area contributed by atoms with E-state index < -0.39 is 32.3 Å². The van der Waals surface area contributed by atoms with Crippen molar-refractivity contribution in [1.82, 2.24) is 9.97 Å². The summed E-state index contributed by atoms with van der Waals surface area (Å²) in [7, 11) is 0. The van der Waals surface area contributed by atoms with Crippen LogP contribution in [0, 0.1) is 38.1 Å². The Labute approximate surface area is 397 Å². The molecule has 0 saturated heterocycles. The minimum Gasteiger partial charge on any atom is -0.500 e. The second-order valence-corrected chi connectivity index (χ2v) is 16.9. The fourth-order valence-corrected chi connectivity index (χ4v) is 7.84. The van der Waals surface area contributed by atoms with E-state index in [1.54, 1.807) is 48.7 Å². The van der Waals surface area contributed by atoms with Gasteiger partial charge in [0, 0.05) is 58.3 Å². The summed E-state index contributed by atoms with van der Waals surface area (Å²) in [6.07, 6.45) is 3.05. The third kappa shape index (κ3) is 9.10. The zero-order valence-electron chi connectivity index (χ0n) is 46.8. The number of furan rings is 1. The summed E-state index contributed by atoms with van der Waals surface area (Å²) < 4.78 is 96.9. The van der Waals surface area contributed by atoms with Crippen LogP contribution in [0.3, 0.4) is 0 Å². The maximum atomic E-state index is 8.41. The molecule has 3 nitrogen and oxygen atoms in total. The van der Waals surface area contributed by atoms with Crippen molar-refractivity contribution in [3.8, 4) is 44.8 Å². The monoisotopic (exact) mass is 1000 g/mol. The van der Waals surface area contributed by atoms with E-state index in [1.807, 2.05) is 93.6 Å². The van der Waals surface area contributed by atoms with E-state index >= 15 is 0 Å². The molecule has 0 fully saturated rings. The van der Waals surface area contributed by atoms with Crippen molar-refractivity contribution < 1.29 is 39.6 Å². The van der Waals surface area contributed by atoms with E-state index in [0.29, 0.717) is 50.4 Å². The van der Waals surface area contributed by atoms with Gasteiger partial charge in [-0.3, -0.25) is 0 Å². The first-order chi connectivity index (χ1) is 33.8. The van der Waals surface area contributed by atoms with Crippen LogP contribution in [0.2, 0.25) is 0 Å². The standard InChI is InChI=1S/C35H32NO.C23H24N.Ir/c1-6-35(5,7-2)25-16-18-26(22(3)19-25)31-20-32(36-21-23(31)4)30-14-10-13-28-29-17-15-24-11-8-9-12-27(24)33(29)37-34(28)30;1-17-10-12-20(14-21(17)19-8-6-5-7-9-19)22-13-11-18(16-24-22)15-23(2,3)4;/h8-13,15-21H,6-7H2,1-5H3;5-11,13-14,16H,15H2,1-4H3;/q2*-1;/i3D3,4D3;1D3,15D2;. The van der Waals surface area contributed by atoms with Crippen LogP contribution >= 0.6 is 0 Å². The molecule has 0 amide bonds. The molecular formula is C58H56IrN2O-2. The Morgan fingerprint density at radius 1 is 0.629 bits per heavy atom. The first-order valence-corrected chi connectivity index (χ1v) is 20.8. The first-order valence-electron chi connectivity index (χ1n) is 26.3. The van der Waals surface area contributed by atoms with E-state index in [0.717, 1.165) is 51.1 Å². The molecule has 0 atom stereocenters. The molecule has 9 rings (SSSR count). The maximum Gasteiger partial charge on any atom is 0.128 e. The Bertz CT molecular complexity index is 3420. The van der Waals surface area contributed by atoms with Gasteiger partial charge in [-0.1, -0.05) is 168 Å². The average molecular weight is 1000 g/mol. The van der Waals surface area contributed by atoms with E-state index in [2.05, 4.69) is 48.9 Å². The van der Waals surface area contributed by atoms with Gasteiger partial charge in [0.2, 0.25) is 0 Å². The largest absolute Gasteiger partial charge is 0.500 e. The molecule has 0 aliphatic rings. The molecule has 0 spiro atoms. The molecule has 0 saturated carbocycles. The van der Waals surface area contributed by atoms with Crippen LogP contribution in [0.15, 0.2) is 144 Å². The summed E-state index contributed by atoms with van der Waals surface area (Å²) >= 11 is 0. The summed E-state index contributed by atoms with van der Waals surface area (Å²) in [5.74, 6) is 0. The van der Waals surface area contributed by atoms with Gasteiger partial charge >= 0.3 is 0 Å². The van der Waals surface area contributed by atoms with Crippen LogP contribution in [0.5, 0.6) is 0 Å². The number of pyridine rings is 2.